The standard InChI is InChI=1S/C12H15N/c1-2-3-4-8-11-13-12-9-6-5-7-10-12/h4-11H,2-3H2,1H3. The molecule has 1 heteroatoms. The highest BCUT2D eigenvalue weighted by molar-refractivity contribution is 5.74. The van der Waals surface area contributed by atoms with E-state index in [4.69, 9.17) is 0 Å². The summed E-state index contributed by atoms with van der Waals surface area (Å²) in [4.78, 5) is 4.27. The van der Waals surface area contributed by atoms with Crippen LogP contribution in [0.15, 0.2) is 47.5 Å². The summed E-state index contributed by atoms with van der Waals surface area (Å²) in [7, 11) is 0. The molecule has 1 aromatic rings. The predicted molar refractivity (Wildman–Crippen MR) is 58.6 cm³/mol. The minimum Gasteiger partial charge on any atom is -0.257 e. The summed E-state index contributed by atoms with van der Waals surface area (Å²) in [5, 5.41) is 0. The monoisotopic (exact) mass is 173 g/mol. The van der Waals surface area contributed by atoms with Gasteiger partial charge in [-0.1, -0.05) is 37.6 Å². The van der Waals surface area contributed by atoms with Gasteiger partial charge in [-0.25, -0.2) is 0 Å². The van der Waals surface area contributed by atoms with E-state index in [-0.39, 0.29) is 0 Å². The fourth-order valence-electron chi connectivity index (χ4n) is 0.967. The Hall–Kier alpha value is -1.37. The normalized spacial score (nSPS) is 11.5. The van der Waals surface area contributed by atoms with E-state index in [9.17, 15) is 0 Å². The van der Waals surface area contributed by atoms with Crippen molar-refractivity contribution in [1.82, 2.24) is 0 Å². The van der Waals surface area contributed by atoms with E-state index >= 15 is 0 Å². The molecular formula is C12H15N. The fraction of sp³-hybridized carbons (Fsp3) is 0.250. The Balaban J connectivity index is 2.41. The molecule has 0 atom stereocenters. The Bertz CT molecular complexity index is 272. The summed E-state index contributed by atoms with van der Waals surface area (Å²) in [6.45, 7) is 2.17. The van der Waals surface area contributed by atoms with Crippen molar-refractivity contribution >= 4 is 11.9 Å². The second-order valence-corrected chi connectivity index (χ2v) is 2.83. The summed E-state index contributed by atoms with van der Waals surface area (Å²) < 4.78 is 0. The van der Waals surface area contributed by atoms with Crippen molar-refractivity contribution in [2.24, 2.45) is 4.99 Å². The first kappa shape index (κ1) is 9.72. The van der Waals surface area contributed by atoms with Gasteiger partial charge in [-0.05, 0) is 24.6 Å². The SMILES string of the molecule is CCCC=CC=Nc1ccccc1. The lowest BCUT2D eigenvalue weighted by Gasteiger charge is -1.88. The first-order valence-corrected chi connectivity index (χ1v) is 4.67. The van der Waals surface area contributed by atoms with Gasteiger partial charge in [0.25, 0.3) is 0 Å². The third-order valence-corrected chi connectivity index (χ3v) is 1.66. The van der Waals surface area contributed by atoms with Crippen LogP contribution >= 0.6 is 0 Å². The Kier molecular flexibility index (Phi) is 4.62. The Labute approximate surface area is 79.8 Å². The molecular weight excluding hydrogens is 158 g/mol. The lowest BCUT2D eigenvalue weighted by atomic mass is 10.3. The summed E-state index contributed by atoms with van der Waals surface area (Å²) in [5.74, 6) is 0. The van der Waals surface area contributed by atoms with Gasteiger partial charge in [0.15, 0.2) is 0 Å². The van der Waals surface area contributed by atoms with Crippen LogP contribution in [0, 0.1) is 0 Å². The molecule has 0 aromatic heterocycles. The van der Waals surface area contributed by atoms with Gasteiger partial charge < -0.3 is 0 Å². The molecule has 0 radical (unpaired) electrons. The molecule has 0 heterocycles. The fourth-order valence-corrected chi connectivity index (χ4v) is 0.967. The van der Waals surface area contributed by atoms with E-state index < -0.39 is 0 Å². The number of rotatable bonds is 4. The largest absolute Gasteiger partial charge is 0.257 e. The second kappa shape index (κ2) is 6.18. The molecule has 1 aromatic carbocycles. The molecule has 0 amide bonds. The van der Waals surface area contributed by atoms with Crippen LogP contribution in [-0.4, -0.2) is 6.21 Å². The van der Waals surface area contributed by atoms with Gasteiger partial charge in [0.05, 0.1) is 5.69 Å². The van der Waals surface area contributed by atoms with Crippen LogP contribution in [0.25, 0.3) is 0 Å². The Morgan fingerprint density at radius 1 is 1.23 bits per heavy atom. The highest BCUT2D eigenvalue weighted by Crippen LogP contribution is 2.08. The molecule has 0 unspecified atom stereocenters. The van der Waals surface area contributed by atoms with E-state index in [2.05, 4.69) is 18.0 Å². The quantitative estimate of drug-likeness (QED) is 0.615. The number of aliphatic imine (C=N–C) groups is 1. The molecule has 0 N–H and O–H groups in total. The summed E-state index contributed by atoms with van der Waals surface area (Å²) in [6, 6.07) is 9.95. The van der Waals surface area contributed by atoms with Crippen molar-refractivity contribution in [3.63, 3.8) is 0 Å². The van der Waals surface area contributed by atoms with Crippen LogP contribution in [-0.2, 0) is 0 Å². The Morgan fingerprint density at radius 2 is 2.00 bits per heavy atom. The van der Waals surface area contributed by atoms with Crippen molar-refractivity contribution in [3.8, 4) is 0 Å². The number of hydrogen-bond acceptors (Lipinski definition) is 1. The van der Waals surface area contributed by atoms with Crippen LogP contribution in [0.4, 0.5) is 5.69 Å². The second-order valence-electron chi connectivity index (χ2n) is 2.83. The maximum Gasteiger partial charge on any atom is 0.0629 e. The first-order valence-electron chi connectivity index (χ1n) is 4.67. The molecule has 0 aliphatic rings. The van der Waals surface area contributed by atoms with E-state index in [1.54, 1.807) is 0 Å². The van der Waals surface area contributed by atoms with Gasteiger partial charge in [-0.3, -0.25) is 4.99 Å². The smallest absolute Gasteiger partial charge is 0.0629 e. The van der Waals surface area contributed by atoms with E-state index in [1.807, 2.05) is 42.6 Å². The highest BCUT2D eigenvalue weighted by atomic mass is 14.7. The zero-order valence-corrected chi connectivity index (χ0v) is 7.98. The number of allylic oxidation sites excluding steroid dienone is 2. The maximum absolute atomic E-state index is 4.27. The molecule has 1 rings (SSSR count). The minimum atomic E-state index is 1.00. The van der Waals surface area contributed by atoms with Crippen molar-refractivity contribution in [1.29, 1.82) is 0 Å². The highest BCUT2D eigenvalue weighted by Gasteiger charge is 1.80. The van der Waals surface area contributed by atoms with Crippen molar-refractivity contribution < 1.29 is 0 Å². The van der Waals surface area contributed by atoms with Gasteiger partial charge in [-0.2, -0.15) is 0 Å². The third-order valence-electron chi connectivity index (χ3n) is 1.66. The van der Waals surface area contributed by atoms with Crippen molar-refractivity contribution in [2.75, 3.05) is 0 Å². The van der Waals surface area contributed by atoms with Crippen LogP contribution in [0.1, 0.15) is 19.8 Å². The minimum absolute atomic E-state index is 1.00. The van der Waals surface area contributed by atoms with Gasteiger partial charge in [0.1, 0.15) is 0 Å². The molecule has 0 bridgehead atoms. The van der Waals surface area contributed by atoms with Crippen LogP contribution in [0.5, 0.6) is 0 Å². The summed E-state index contributed by atoms with van der Waals surface area (Å²) in [5.41, 5.74) is 1.00. The molecule has 68 valence electrons. The molecule has 0 saturated carbocycles. The lowest BCUT2D eigenvalue weighted by molar-refractivity contribution is 0.960. The zero-order valence-electron chi connectivity index (χ0n) is 7.98. The Morgan fingerprint density at radius 3 is 2.69 bits per heavy atom. The summed E-state index contributed by atoms with van der Waals surface area (Å²) in [6.07, 6.45) is 8.28. The topological polar surface area (TPSA) is 12.4 Å². The molecule has 0 fully saturated rings. The van der Waals surface area contributed by atoms with E-state index in [1.165, 1.54) is 6.42 Å². The van der Waals surface area contributed by atoms with Gasteiger partial charge in [0, 0.05) is 6.21 Å². The average molecular weight is 173 g/mol. The third kappa shape index (κ3) is 4.26. The van der Waals surface area contributed by atoms with E-state index in [0.717, 1.165) is 12.1 Å². The number of unbranched alkanes of at least 4 members (excludes halogenated alkanes) is 1. The van der Waals surface area contributed by atoms with Crippen LogP contribution in [0.3, 0.4) is 0 Å². The van der Waals surface area contributed by atoms with Crippen LogP contribution in [0.2, 0.25) is 0 Å². The molecule has 13 heavy (non-hydrogen) atoms. The molecule has 0 spiro atoms. The lowest BCUT2D eigenvalue weighted by Crippen LogP contribution is -1.66. The van der Waals surface area contributed by atoms with Crippen LogP contribution < -0.4 is 0 Å². The molecule has 0 aliphatic carbocycles. The number of benzene rings is 1. The van der Waals surface area contributed by atoms with Crippen molar-refractivity contribution in [2.45, 2.75) is 19.8 Å². The van der Waals surface area contributed by atoms with Crippen molar-refractivity contribution in [3.05, 3.63) is 42.5 Å². The van der Waals surface area contributed by atoms with E-state index in [0.29, 0.717) is 0 Å². The molecule has 1 nitrogen and oxygen atoms in total. The number of para-hydroxylation sites is 1. The number of nitrogens with zero attached hydrogens (tertiary/aromatic N) is 1. The predicted octanol–water partition coefficient (Wildman–Crippen LogP) is 3.75. The molecule has 0 saturated heterocycles. The zero-order chi connectivity index (χ0) is 9.36. The van der Waals surface area contributed by atoms with Gasteiger partial charge >= 0.3 is 0 Å². The maximum atomic E-state index is 4.27. The first-order chi connectivity index (χ1) is 6.43. The van der Waals surface area contributed by atoms with Gasteiger partial charge in [0.2, 0.25) is 0 Å². The number of hydrogen-bond donors (Lipinski definition) is 0. The van der Waals surface area contributed by atoms with Gasteiger partial charge in [-0.15, -0.1) is 0 Å². The summed E-state index contributed by atoms with van der Waals surface area (Å²) >= 11 is 0. The average Bonchev–Trinajstić information content (AvgIpc) is 2.19. The molecule has 0 aliphatic heterocycles.